The highest BCUT2D eigenvalue weighted by atomic mass is 16.5. The van der Waals surface area contributed by atoms with Gasteiger partial charge in [0.05, 0.1) is 5.69 Å². The lowest BCUT2D eigenvalue weighted by Crippen LogP contribution is -2.43. The summed E-state index contributed by atoms with van der Waals surface area (Å²) < 4.78 is 5.89. The van der Waals surface area contributed by atoms with Crippen LogP contribution in [0.1, 0.15) is 36.9 Å². The highest BCUT2D eigenvalue weighted by Gasteiger charge is 2.29. The predicted molar refractivity (Wildman–Crippen MR) is 60.3 cm³/mol. The van der Waals surface area contributed by atoms with Crippen molar-refractivity contribution in [2.75, 3.05) is 0 Å². The maximum atomic E-state index is 5.89. The lowest BCUT2D eigenvalue weighted by molar-refractivity contribution is 0.0940. The Kier molecular flexibility index (Phi) is 2.52. The zero-order valence-corrected chi connectivity index (χ0v) is 9.35. The van der Waals surface area contributed by atoms with Crippen LogP contribution in [-0.4, -0.2) is 22.1 Å². The van der Waals surface area contributed by atoms with E-state index in [1.54, 1.807) is 6.33 Å². The first-order valence-corrected chi connectivity index (χ1v) is 6.08. The maximum absolute atomic E-state index is 5.89. The monoisotopic (exact) mass is 219 g/mol. The molecule has 0 aliphatic heterocycles. The van der Waals surface area contributed by atoms with Gasteiger partial charge in [-0.1, -0.05) is 0 Å². The Labute approximate surface area is 95.2 Å². The van der Waals surface area contributed by atoms with Crippen molar-refractivity contribution in [1.29, 1.82) is 0 Å². The average Bonchev–Trinajstić information content (AvgIpc) is 2.27. The van der Waals surface area contributed by atoms with Gasteiger partial charge in [0.1, 0.15) is 12.4 Å². The van der Waals surface area contributed by atoms with Crippen LogP contribution in [0.2, 0.25) is 0 Å². The van der Waals surface area contributed by atoms with Gasteiger partial charge in [0, 0.05) is 11.6 Å². The predicted octanol–water partition coefficient (Wildman–Crippen LogP) is 1.22. The van der Waals surface area contributed by atoms with Crippen LogP contribution in [0, 0.1) is 0 Å². The van der Waals surface area contributed by atoms with Crippen molar-refractivity contribution in [2.45, 2.75) is 50.7 Å². The molecule has 0 saturated heterocycles. The molecule has 1 aromatic heterocycles. The largest absolute Gasteiger partial charge is 0.474 e. The number of nitrogens with zero attached hydrogens (tertiary/aromatic N) is 2. The third kappa shape index (κ3) is 1.78. The zero-order chi connectivity index (χ0) is 11.0. The third-order valence-electron chi connectivity index (χ3n) is 3.50. The summed E-state index contributed by atoms with van der Waals surface area (Å²) in [5.41, 5.74) is 8.16. The molecule has 0 radical (unpaired) electrons. The number of nitrogens with two attached hydrogens (primary N) is 1. The third-order valence-corrected chi connectivity index (χ3v) is 3.50. The summed E-state index contributed by atoms with van der Waals surface area (Å²) in [5, 5.41) is 0. The van der Waals surface area contributed by atoms with Crippen molar-refractivity contribution in [3.8, 4) is 5.88 Å². The van der Waals surface area contributed by atoms with Crippen LogP contribution < -0.4 is 10.5 Å². The second-order valence-corrected chi connectivity index (χ2v) is 4.78. The summed E-state index contributed by atoms with van der Waals surface area (Å²) in [6, 6.07) is 0.322. The summed E-state index contributed by atoms with van der Waals surface area (Å²) in [6.45, 7) is 0. The Hall–Kier alpha value is -1.16. The fourth-order valence-electron chi connectivity index (χ4n) is 2.45. The van der Waals surface area contributed by atoms with Gasteiger partial charge < -0.3 is 10.5 Å². The summed E-state index contributed by atoms with van der Waals surface area (Å²) >= 11 is 0. The molecule has 4 nitrogen and oxygen atoms in total. The fraction of sp³-hybridized carbons (Fsp3) is 0.667. The van der Waals surface area contributed by atoms with Crippen LogP contribution in [0.15, 0.2) is 6.33 Å². The van der Waals surface area contributed by atoms with Crippen molar-refractivity contribution in [3.63, 3.8) is 0 Å². The molecule has 3 rings (SSSR count). The molecule has 1 saturated carbocycles. The first-order valence-electron chi connectivity index (χ1n) is 6.08. The molecule has 2 aliphatic carbocycles. The molecule has 0 unspecified atom stereocenters. The second-order valence-electron chi connectivity index (χ2n) is 4.78. The summed E-state index contributed by atoms with van der Waals surface area (Å²) in [6.07, 6.45) is 8.40. The van der Waals surface area contributed by atoms with Gasteiger partial charge in [0.15, 0.2) is 0 Å². The smallest absolute Gasteiger partial charge is 0.220 e. The van der Waals surface area contributed by atoms with Crippen LogP contribution in [0.25, 0.3) is 0 Å². The Morgan fingerprint density at radius 3 is 2.81 bits per heavy atom. The van der Waals surface area contributed by atoms with Crippen LogP contribution in [-0.2, 0) is 12.8 Å². The molecule has 1 aromatic rings. The normalized spacial score (nSPS) is 28.1. The van der Waals surface area contributed by atoms with Crippen molar-refractivity contribution in [1.82, 2.24) is 9.97 Å². The Bertz CT molecular complexity index is 388. The van der Waals surface area contributed by atoms with E-state index in [-0.39, 0.29) is 6.10 Å². The molecule has 86 valence electrons. The minimum Gasteiger partial charge on any atom is -0.474 e. The summed E-state index contributed by atoms with van der Waals surface area (Å²) in [5.74, 6) is 0.807. The van der Waals surface area contributed by atoms with Crippen LogP contribution in [0.4, 0.5) is 0 Å². The maximum Gasteiger partial charge on any atom is 0.220 e. The van der Waals surface area contributed by atoms with E-state index in [0.717, 1.165) is 31.6 Å². The molecule has 2 N–H and O–H groups in total. The van der Waals surface area contributed by atoms with Crippen molar-refractivity contribution >= 4 is 0 Å². The number of hydrogen-bond donors (Lipinski definition) is 1. The number of aryl methyl sites for hydroxylation is 1. The standard InChI is InChI=1S/C12H17N3O/c13-8-5-9(6-8)16-12-10-3-1-2-4-11(10)14-7-15-12/h7-9H,1-6,13H2. The van der Waals surface area contributed by atoms with Gasteiger partial charge in [-0.25, -0.2) is 9.97 Å². The summed E-state index contributed by atoms with van der Waals surface area (Å²) in [7, 11) is 0. The topological polar surface area (TPSA) is 61.0 Å². The van der Waals surface area contributed by atoms with Gasteiger partial charge in [-0.05, 0) is 38.5 Å². The number of ether oxygens (including phenoxy) is 1. The van der Waals surface area contributed by atoms with Crippen LogP contribution >= 0.6 is 0 Å². The Morgan fingerprint density at radius 2 is 2.00 bits per heavy atom. The van der Waals surface area contributed by atoms with E-state index in [9.17, 15) is 0 Å². The van der Waals surface area contributed by atoms with E-state index in [1.165, 1.54) is 24.1 Å². The molecule has 0 spiro atoms. The van der Waals surface area contributed by atoms with Gasteiger partial charge in [0.25, 0.3) is 0 Å². The molecule has 1 fully saturated rings. The minimum absolute atomic E-state index is 0.274. The highest BCUT2D eigenvalue weighted by Crippen LogP contribution is 2.30. The zero-order valence-electron chi connectivity index (χ0n) is 9.35. The molecule has 2 aliphatic rings. The lowest BCUT2D eigenvalue weighted by Gasteiger charge is -2.33. The van der Waals surface area contributed by atoms with Gasteiger partial charge in [-0.2, -0.15) is 0 Å². The fourth-order valence-corrected chi connectivity index (χ4v) is 2.45. The van der Waals surface area contributed by atoms with Gasteiger partial charge in [-0.3, -0.25) is 0 Å². The molecule has 1 heterocycles. The van der Waals surface area contributed by atoms with E-state index >= 15 is 0 Å². The van der Waals surface area contributed by atoms with Crippen molar-refractivity contribution < 1.29 is 4.74 Å². The van der Waals surface area contributed by atoms with Gasteiger partial charge in [-0.15, -0.1) is 0 Å². The van der Waals surface area contributed by atoms with Gasteiger partial charge >= 0.3 is 0 Å². The van der Waals surface area contributed by atoms with Crippen LogP contribution in [0.5, 0.6) is 5.88 Å². The molecule has 0 aromatic carbocycles. The van der Waals surface area contributed by atoms with E-state index < -0.39 is 0 Å². The SMILES string of the molecule is NC1CC(Oc2ncnc3c2CCCC3)C1. The van der Waals surface area contributed by atoms with E-state index in [0.29, 0.717) is 6.04 Å². The molecule has 0 bridgehead atoms. The number of hydrogen-bond acceptors (Lipinski definition) is 4. The molecular weight excluding hydrogens is 202 g/mol. The molecule has 16 heavy (non-hydrogen) atoms. The van der Waals surface area contributed by atoms with E-state index in [2.05, 4.69) is 9.97 Å². The first-order chi connectivity index (χ1) is 7.83. The van der Waals surface area contributed by atoms with Crippen molar-refractivity contribution in [3.05, 3.63) is 17.6 Å². The van der Waals surface area contributed by atoms with E-state index in [1.807, 2.05) is 0 Å². The minimum atomic E-state index is 0.274. The lowest BCUT2D eigenvalue weighted by atomic mass is 9.90. The quantitative estimate of drug-likeness (QED) is 0.812. The number of rotatable bonds is 2. The molecule has 0 amide bonds. The molecular formula is C12H17N3O. The molecule has 4 heteroatoms. The second kappa shape index (κ2) is 4.01. The van der Waals surface area contributed by atoms with E-state index in [4.69, 9.17) is 10.5 Å². The summed E-state index contributed by atoms with van der Waals surface area (Å²) in [4.78, 5) is 8.59. The highest BCUT2D eigenvalue weighted by molar-refractivity contribution is 5.32. The van der Waals surface area contributed by atoms with Crippen molar-refractivity contribution in [2.24, 2.45) is 5.73 Å². The van der Waals surface area contributed by atoms with Gasteiger partial charge in [0.2, 0.25) is 5.88 Å². The number of aromatic nitrogens is 2. The Morgan fingerprint density at radius 1 is 1.19 bits per heavy atom. The molecule has 0 atom stereocenters. The number of fused-ring (bicyclic) bond motifs is 1. The first kappa shape index (κ1) is 10.0. The Balaban J connectivity index is 1.78. The average molecular weight is 219 g/mol. The van der Waals surface area contributed by atoms with Crippen LogP contribution in [0.3, 0.4) is 0 Å².